The number of hydrogen-bond donors (Lipinski definition) is 1. The van der Waals surface area contributed by atoms with E-state index < -0.39 is 0 Å². The van der Waals surface area contributed by atoms with E-state index in [4.69, 9.17) is 0 Å². The molecule has 28 heavy (non-hydrogen) atoms. The van der Waals surface area contributed by atoms with Crippen LogP contribution in [0.2, 0.25) is 0 Å². The highest BCUT2D eigenvalue weighted by molar-refractivity contribution is 7.99. The number of aromatic nitrogens is 5. The van der Waals surface area contributed by atoms with Crippen LogP contribution in [0.4, 0.5) is 10.8 Å². The Morgan fingerprint density at radius 2 is 2.00 bits per heavy atom. The van der Waals surface area contributed by atoms with Gasteiger partial charge in [0.2, 0.25) is 5.91 Å². The molecule has 0 unspecified atom stereocenters. The molecule has 0 aliphatic carbocycles. The highest BCUT2D eigenvalue weighted by Gasteiger charge is 2.20. The molecule has 1 aliphatic rings. The predicted octanol–water partition coefficient (Wildman–Crippen LogP) is 3.07. The van der Waals surface area contributed by atoms with Crippen LogP contribution in [0.15, 0.2) is 41.8 Å². The van der Waals surface area contributed by atoms with Crippen LogP contribution in [-0.4, -0.2) is 49.3 Å². The van der Waals surface area contributed by atoms with E-state index in [9.17, 15) is 4.79 Å². The summed E-state index contributed by atoms with van der Waals surface area (Å²) in [7, 11) is 0. The normalized spacial score (nSPS) is 14.2. The minimum absolute atomic E-state index is 0.0869. The van der Waals surface area contributed by atoms with Gasteiger partial charge in [0.1, 0.15) is 11.0 Å². The molecule has 3 aromatic heterocycles. The Balaban J connectivity index is 1.35. The van der Waals surface area contributed by atoms with Gasteiger partial charge in [-0.15, -0.1) is 10.2 Å². The van der Waals surface area contributed by atoms with E-state index in [1.54, 1.807) is 17.7 Å². The molecule has 1 saturated heterocycles. The van der Waals surface area contributed by atoms with Crippen LogP contribution in [0.25, 0.3) is 16.0 Å². The lowest BCUT2D eigenvalue weighted by Gasteiger charge is -2.11. The minimum Gasteiger partial charge on any atom is -0.348 e. The minimum atomic E-state index is -0.0869. The molecule has 8 nitrogen and oxygen atoms in total. The number of benzene rings is 1. The summed E-state index contributed by atoms with van der Waals surface area (Å²) in [6, 6.07) is 9.40. The monoisotopic (exact) mass is 411 g/mol. The summed E-state index contributed by atoms with van der Waals surface area (Å²) in [5.41, 5.74) is 2.21. The number of para-hydroxylation sites is 1. The van der Waals surface area contributed by atoms with E-state index in [2.05, 4.69) is 30.4 Å². The number of carbonyl (C=O) groups is 1. The standard InChI is InChI=1S/C18H17N7OS2/c26-13(20-12-6-2-1-3-7-12)10-27-18-23-22-16-14-15(19-11-25(16)18)21-17(28-14)24-8-4-5-9-24/h1-3,6-7,11H,4-5,8-10H2,(H,20,26). The SMILES string of the molecule is O=C(CSc1nnc2c3sc(N4CCCC4)nc3ncn12)Nc1ccccc1. The van der Waals surface area contributed by atoms with Gasteiger partial charge in [0, 0.05) is 18.8 Å². The first kappa shape index (κ1) is 17.4. The maximum atomic E-state index is 12.2. The summed E-state index contributed by atoms with van der Waals surface area (Å²) in [4.78, 5) is 23.6. The number of hydrogen-bond acceptors (Lipinski definition) is 8. The van der Waals surface area contributed by atoms with Gasteiger partial charge in [0.05, 0.1) is 5.75 Å². The van der Waals surface area contributed by atoms with Gasteiger partial charge >= 0.3 is 0 Å². The van der Waals surface area contributed by atoms with Gasteiger partial charge in [-0.3, -0.25) is 9.20 Å². The molecular weight excluding hydrogens is 394 g/mol. The first-order valence-corrected chi connectivity index (χ1v) is 10.8. The van der Waals surface area contributed by atoms with Crippen LogP contribution >= 0.6 is 23.1 Å². The van der Waals surface area contributed by atoms with Crippen LogP contribution in [0.5, 0.6) is 0 Å². The van der Waals surface area contributed by atoms with Crippen LogP contribution in [0.1, 0.15) is 12.8 Å². The molecule has 0 spiro atoms. The van der Waals surface area contributed by atoms with Gasteiger partial charge in [0.15, 0.2) is 21.6 Å². The summed E-state index contributed by atoms with van der Waals surface area (Å²) >= 11 is 2.94. The molecule has 1 amide bonds. The third-order valence-corrected chi connectivity index (χ3v) is 6.57. The molecule has 1 fully saturated rings. The molecule has 1 aromatic carbocycles. The third-order valence-electron chi connectivity index (χ3n) is 4.53. The predicted molar refractivity (Wildman–Crippen MR) is 111 cm³/mol. The zero-order valence-electron chi connectivity index (χ0n) is 14.9. The molecule has 5 rings (SSSR count). The van der Waals surface area contributed by atoms with Crippen LogP contribution < -0.4 is 10.2 Å². The second-order valence-electron chi connectivity index (χ2n) is 6.47. The van der Waals surface area contributed by atoms with Crippen molar-refractivity contribution in [3.05, 3.63) is 36.7 Å². The maximum Gasteiger partial charge on any atom is 0.234 e. The van der Waals surface area contributed by atoms with Crippen molar-refractivity contribution < 1.29 is 4.79 Å². The lowest BCUT2D eigenvalue weighted by atomic mass is 10.3. The highest BCUT2D eigenvalue weighted by atomic mass is 32.2. The van der Waals surface area contributed by atoms with Crippen molar-refractivity contribution in [3.8, 4) is 0 Å². The Morgan fingerprint density at radius 3 is 2.82 bits per heavy atom. The second kappa shape index (κ2) is 7.36. The Morgan fingerprint density at radius 1 is 1.18 bits per heavy atom. The molecule has 142 valence electrons. The topological polar surface area (TPSA) is 88.3 Å². The van der Waals surface area contributed by atoms with Gasteiger partial charge in [-0.1, -0.05) is 41.3 Å². The fraction of sp³-hybridized carbons (Fsp3) is 0.278. The lowest BCUT2D eigenvalue weighted by Crippen LogP contribution is -2.16. The highest BCUT2D eigenvalue weighted by Crippen LogP contribution is 2.32. The van der Waals surface area contributed by atoms with E-state index in [1.165, 1.54) is 24.6 Å². The number of rotatable bonds is 5. The van der Waals surface area contributed by atoms with E-state index in [-0.39, 0.29) is 11.7 Å². The summed E-state index contributed by atoms with van der Waals surface area (Å²) in [6.07, 6.45) is 4.09. The van der Waals surface area contributed by atoms with Gasteiger partial charge in [0.25, 0.3) is 0 Å². The van der Waals surface area contributed by atoms with E-state index in [0.29, 0.717) is 10.8 Å². The second-order valence-corrected chi connectivity index (χ2v) is 8.39. The number of nitrogens with zero attached hydrogens (tertiary/aromatic N) is 6. The zero-order valence-corrected chi connectivity index (χ0v) is 16.5. The summed E-state index contributed by atoms with van der Waals surface area (Å²) in [5.74, 6) is 0.159. The van der Waals surface area contributed by atoms with E-state index in [1.807, 2.05) is 34.7 Å². The van der Waals surface area contributed by atoms with Crippen molar-refractivity contribution in [2.75, 3.05) is 29.1 Å². The van der Waals surface area contributed by atoms with Crippen LogP contribution in [-0.2, 0) is 4.79 Å². The first-order chi connectivity index (χ1) is 13.8. The number of amides is 1. The number of thiazole rings is 1. The molecule has 0 saturated carbocycles. The van der Waals surface area contributed by atoms with Crippen LogP contribution in [0.3, 0.4) is 0 Å². The van der Waals surface area contributed by atoms with Crippen LogP contribution in [0, 0.1) is 0 Å². The van der Waals surface area contributed by atoms with Crippen molar-refractivity contribution in [1.29, 1.82) is 0 Å². The average molecular weight is 412 g/mol. The van der Waals surface area contributed by atoms with Gasteiger partial charge in [-0.2, -0.15) is 4.98 Å². The average Bonchev–Trinajstić information content (AvgIpc) is 3.44. The van der Waals surface area contributed by atoms with Gasteiger partial charge in [-0.25, -0.2) is 4.98 Å². The van der Waals surface area contributed by atoms with Crippen molar-refractivity contribution in [1.82, 2.24) is 24.6 Å². The fourth-order valence-corrected chi connectivity index (χ4v) is 4.92. The Hall–Kier alpha value is -2.72. The summed E-state index contributed by atoms with van der Waals surface area (Å²) in [5, 5.41) is 13.1. The smallest absolute Gasteiger partial charge is 0.234 e. The molecule has 0 radical (unpaired) electrons. The first-order valence-electron chi connectivity index (χ1n) is 9.01. The molecule has 1 aliphatic heterocycles. The molecule has 1 N–H and O–H groups in total. The Kier molecular flexibility index (Phi) is 4.57. The number of anilines is 2. The summed E-state index contributed by atoms with van der Waals surface area (Å²) in [6.45, 7) is 2.08. The number of nitrogens with one attached hydrogen (secondary N) is 1. The van der Waals surface area contributed by atoms with Crippen molar-refractivity contribution in [2.24, 2.45) is 0 Å². The maximum absolute atomic E-state index is 12.2. The number of carbonyl (C=O) groups excluding carboxylic acids is 1. The molecule has 4 heterocycles. The number of fused-ring (bicyclic) bond motifs is 3. The van der Waals surface area contributed by atoms with Crippen molar-refractivity contribution >= 4 is 55.8 Å². The lowest BCUT2D eigenvalue weighted by molar-refractivity contribution is -0.113. The van der Waals surface area contributed by atoms with Gasteiger partial charge < -0.3 is 10.2 Å². The Bertz CT molecular complexity index is 1130. The van der Waals surface area contributed by atoms with E-state index in [0.717, 1.165) is 34.3 Å². The van der Waals surface area contributed by atoms with Gasteiger partial charge in [-0.05, 0) is 25.0 Å². The molecular formula is C18H17N7OS2. The molecule has 0 atom stereocenters. The third kappa shape index (κ3) is 3.29. The molecule has 4 aromatic rings. The number of thioether (sulfide) groups is 1. The van der Waals surface area contributed by atoms with Crippen molar-refractivity contribution in [2.45, 2.75) is 18.0 Å². The molecule has 0 bridgehead atoms. The Labute approximate surface area is 169 Å². The quantitative estimate of drug-likeness (QED) is 0.505. The summed E-state index contributed by atoms with van der Waals surface area (Å²) < 4.78 is 2.76. The van der Waals surface area contributed by atoms with Crippen molar-refractivity contribution in [3.63, 3.8) is 0 Å². The van der Waals surface area contributed by atoms with E-state index >= 15 is 0 Å². The zero-order chi connectivity index (χ0) is 18.9. The fourth-order valence-electron chi connectivity index (χ4n) is 3.17. The largest absolute Gasteiger partial charge is 0.348 e. The molecule has 10 heteroatoms.